The normalized spacial score (nSPS) is 28.2. The number of carbonyl (C=O) groups excluding carboxylic acids is 2. The molecule has 3 nitrogen and oxygen atoms in total. The summed E-state index contributed by atoms with van der Waals surface area (Å²) in [6.45, 7) is 0.825. The number of anilines is 1. The molecule has 0 N–H and O–H groups in total. The highest BCUT2D eigenvalue weighted by Crippen LogP contribution is 2.58. The van der Waals surface area contributed by atoms with E-state index >= 15 is 0 Å². The predicted molar refractivity (Wildman–Crippen MR) is 136 cm³/mol. The van der Waals surface area contributed by atoms with Gasteiger partial charge >= 0.3 is 0 Å². The average Bonchev–Trinajstić information content (AvgIpc) is 3.80. The first-order valence-corrected chi connectivity index (χ1v) is 13.2. The van der Waals surface area contributed by atoms with Crippen LogP contribution in [0.15, 0.2) is 54.6 Å². The van der Waals surface area contributed by atoms with Crippen LogP contribution in [-0.2, 0) is 15.0 Å². The zero-order chi connectivity index (χ0) is 23.2. The van der Waals surface area contributed by atoms with Crippen LogP contribution < -0.4 is 4.90 Å². The van der Waals surface area contributed by atoms with Crippen LogP contribution in [0.25, 0.3) is 6.08 Å². The fourth-order valence-corrected chi connectivity index (χ4v) is 6.57. The quantitative estimate of drug-likeness (QED) is 0.417. The molecule has 0 aliphatic heterocycles. The fourth-order valence-electron chi connectivity index (χ4n) is 6.57. The van der Waals surface area contributed by atoms with Crippen molar-refractivity contribution in [3.05, 3.63) is 71.3 Å². The Kier molecular flexibility index (Phi) is 5.47. The van der Waals surface area contributed by atoms with Gasteiger partial charge in [-0.05, 0) is 116 Å². The Bertz CT molecular complexity index is 1080. The second kappa shape index (κ2) is 8.52. The van der Waals surface area contributed by atoms with Gasteiger partial charge in [-0.2, -0.15) is 0 Å². The first-order chi connectivity index (χ1) is 16.6. The number of benzene rings is 2. The number of hydrogen-bond acceptors (Lipinski definition) is 2. The minimum absolute atomic E-state index is 0.190. The maximum atomic E-state index is 13.4. The number of hydrogen-bond donors (Lipinski definition) is 0. The van der Waals surface area contributed by atoms with Crippen molar-refractivity contribution in [1.82, 2.24) is 0 Å². The molecule has 2 aromatic carbocycles. The van der Waals surface area contributed by atoms with E-state index in [0.717, 1.165) is 36.6 Å². The number of carbonyl (C=O) groups is 1. The van der Waals surface area contributed by atoms with Gasteiger partial charge in [0.2, 0.25) is 12.2 Å². The molecule has 2 bridgehead atoms. The lowest BCUT2D eigenvalue weighted by molar-refractivity contribution is -0.120. The van der Waals surface area contributed by atoms with Crippen molar-refractivity contribution in [1.29, 1.82) is 0 Å². The van der Waals surface area contributed by atoms with Gasteiger partial charge in [0.15, 0.2) is 0 Å². The third-order valence-corrected chi connectivity index (χ3v) is 9.19. The predicted octanol–water partition coefficient (Wildman–Crippen LogP) is 6.72. The molecule has 0 heterocycles. The smallest absolute Gasteiger partial charge is 0.230 e. The summed E-state index contributed by atoms with van der Waals surface area (Å²) in [4.78, 5) is 26.1. The van der Waals surface area contributed by atoms with Crippen LogP contribution in [0.5, 0.6) is 0 Å². The highest BCUT2D eigenvalue weighted by atomic mass is 16.2. The van der Waals surface area contributed by atoms with Crippen LogP contribution in [0.2, 0.25) is 0 Å². The SMILES string of the molecule is O=[C]/C=C/c1cccc(N(CC23CCC(c4ccc(C5CC5)cc4)(CC2)CC3)C(=O)C2CC2)c1. The van der Waals surface area contributed by atoms with Gasteiger partial charge in [0, 0.05) is 18.2 Å². The summed E-state index contributed by atoms with van der Waals surface area (Å²) in [5, 5.41) is 0. The Morgan fingerprint density at radius 2 is 1.65 bits per heavy atom. The minimum atomic E-state index is 0.190. The Hall–Kier alpha value is -2.68. The largest absolute Gasteiger partial charge is 0.312 e. The van der Waals surface area contributed by atoms with Gasteiger partial charge in [-0.1, -0.05) is 42.5 Å². The molecule has 0 unspecified atom stereocenters. The summed E-state index contributed by atoms with van der Waals surface area (Å²) in [6.07, 6.45) is 17.0. The maximum Gasteiger partial charge on any atom is 0.230 e. The molecule has 3 heteroatoms. The molecule has 7 rings (SSSR count). The zero-order valence-electron chi connectivity index (χ0n) is 20.0. The molecule has 175 valence electrons. The Labute approximate surface area is 203 Å². The van der Waals surface area contributed by atoms with Gasteiger partial charge in [0.05, 0.1) is 0 Å². The van der Waals surface area contributed by atoms with Crippen LogP contribution in [0.1, 0.15) is 86.8 Å². The Balaban J connectivity index is 1.21. The molecule has 5 aliphatic rings. The lowest BCUT2D eigenvalue weighted by atomic mass is 9.51. The second-order valence-electron chi connectivity index (χ2n) is 11.4. The summed E-state index contributed by atoms with van der Waals surface area (Å²) >= 11 is 0. The second-order valence-corrected chi connectivity index (χ2v) is 11.4. The van der Waals surface area contributed by atoms with Crippen LogP contribution >= 0.6 is 0 Å². The van der Waals surface area contributed by atoms with Gasteiger partial charge < -0.3 is 4.90 Å². The molecular formula is C31H34NO2. The number of amides is 1. The summed E-state index contributed by atoms with van der Waals surface area (Å²) in [5.74, 6) is 1.29. The van der Waals surface area contributed by atoms with Gasteiger partial charge in [-0.25, -0.2) is 0 Å². The maximum absolute atomic E-state index is 13.4. The third kappa shape index (κ3) is 4.15. The topological polar surface area (TPSA) is 37.4 Å². The van der Waals surface area contributed by atoms with E-state index in [1.165, 1.54) is 63.0 Å². The van der Waals surface area contributed by atoms with Crippen molar-refractivity contribution in [3.8, 4) is 0 Å². The number of rotatable bonds is 8. The molecule has 0 atom stereocenters. The van der Waals surface area contributed by atoms with Crippen LogP contribution in [-0.4, -0.2) is 18.7 Å². The number of nitrogens with zero attached hydrogens (tertiary/aromatic N) is 1. The van der Waals surface area contributed by atoms with E-state index in [2.05, 4.69) is 35.2 Å². The highest BCUT2D eigenvalue weighted by Gasteiger charge is 2.51. The van der Waals surface area contributed by atoms with Crippen molar-refractivity contribution in [2.75, 3.05) is 11.4 Å². The molecule has 0 spiro atoms. The average molecular weight is 453 g/mol. The summed E-state index contributed by atoms with van der Waals surface area (Å²) in [5.41, 5.74) is 5.54. The lowest BCUT2D eigenvalue weighted by Crippen LogP contribution is -2.51. The standard InChI is InChI=1S/C31H34NO2/c33-20-2-4-23-3-1-5-28(21-23)32(29(34)26-8-9-26)22-30-14-17-31(18-15-30,19-16-30)27-12-10-25(11-13-27)24-6-7-24/h1-5,10-13,21,24,26H,6-9,14-19,22H2/b4-2+. The van der Waals surface area contributed by atoms with Gasteiger partial charge in [0.1, 0.15) is 0 Å². The fraction of sp³-hybridized carbons (Fsp3) is 0.484. The molecule has 5 saturated carbocycles. The molecule has 1 amide bonds. The van der Waals surface area contributed by atoms with E-state index < -0.39 is 0 Å². The van der Waals surface area contributed by atoms with Crippen molar-refractivity contribution < 1.29 is 9.59 Å². The summed E-state index contributed by atoms with van der Waals surface area (Å²) < 4.78 is 0. The van der Waals surface area contributed by atoms with Gasteiger partial charge in [-0.15, -0.1) is 0 Å². The van der Waals surface area contributed by atoms with E-state index in [1.54, 1.807) is 11.6 Å². The highest BCUT2D eigenvalue weighted by molar-refractivity contribution is 5.96. The van der Waals surface area contributed by atoms with Crippen LogP contribution in [0.3, 0.4) is 0 Å². The monoisotopic (exact) mass is 452 g/mol. The van der Waals surface area contributed by atoms with Crippen molar-refractivity contribution >= 4 is 24.0 Å². The number of allylic oxidation sites excluding steroid dienone is 1. The molecule has 0 aromatic heterocycles. The van der Waals surface area contributed by atoms with E-state index in [-0.39, 0.29) is 17.2 Å². The van der Waals surface area contributed by atoms with E-state index in [9.17, 15) is 9.59 Å². The molecule has 34 heavy (non-hydrogen) atoms. The van der Waals surface area contributed by atoms with Gasteiger partial charge in [-0.3, -0.25) is 9.59 Å². The van der Waals surface area contributed by atoms with Gasteiger partial charge in [0.25, 0.3) is 0 Å². The van der Waals surface area contributed by atoms with E-state index in [4.69, 9.17) is 0 Å². The first kappa shape index (κ1) is 21.8. The summed E-state index contributed by atoms with van der Waals surface area (Å²) in [6, 6.07) is 17.7. The lowest BCUT2D eigenvalue weighted by Gasteiger charge is -2.55. The molecule has 1 radical (unpaired) electrons. The van der Waals surface area contributed by atoms with Crippen molar-refractivity contribution in [2.24, 2.45) is 11.3 Å². The van der Waals surface area contributed by atoms with Crippen LogP contribution in [0, 0.1) is 11.3 Å². The molecule has 5 aliphatic carbocycles. The Morgan fingerprint density at radius 1 is 0.941 bits per heavy atom. The summed E-state index contributed by atoms with van der Waals surface area (Å²) in [7, 11) is 0. The van der Waals surface area contributed by atoms with E-state index in [0.29, 0.717) is 5.41 Å². The van der Waals surface area contributed by atoms with Crippen LogP contribution in [0.4, 0.5) is 5.69 Å². The van der Waals surface area contributed by atoms with Crippen molar-refractivity contribution in [3.63, 3.8) is 0 Å². The van der Waals surface area contributed by atoms with Crippen molar-refractivity contribution in [2.45, 2.75) is 75.5 Å². The number of fused-ring (bicyclic) bond motifs is 3. The molecule has 0 saturated heterocycles. The minimum Gasteiger partial charge on any atom is -0.312 e. The third-order valence-electron chi connectivity index (χ3n) is 9.19. The molecule has 2 aromatic rings. The molecule has 5 fully saturated rings. The van der Waals surface area contributed by atoms with E-state index in [1.807, 2.05) is 24.5 Å². The Morgan fingerprint density at radius 3 is 2.26 bits per heavy atom. The first-order valence-electron chi connectivity index (χ1n) is 13.2. The zero-order valence-corrected chi connectivity index (χ0v) is 20.0. The molecular weight excluding hydrogens is 418 g/mol.